The van der Waals surface area contributed by atoms with Gasteiger partial charge in [0.2, 0.25) is 0 Å². The van der Waals surface area contributed by atoms with Gasteiger partial charge in [-0.2, -0.15) is 0 Å². The van der Waals surface area contributed by atoms with E-state index >= 15 is 0 Å². The molecular weight excluding hydrogens is 655 g/mol. The molecule has 0 bridgehead atoms. The van der Waals surface area contributed by atoms with Gasteiger partial charge in [0.25, 0.3) is 0 Å². The van der Waals surface area contributed by atoms with Crippen molar-refractivity contribution in [2.75, 3.05) is 0 Å². The zero-order valence-electron chi connectivity index (χ0n) is 30.1. The van der Waals surface area contributed by atoms with Crippen molar-refractivity contribution >= 4 is 0 Å². The topological polar surface area (TPSA) is 38.7 Å². The van der Waals surface area contributed by atoms with Crippen LogP contribution in [-0.2, 0) is 5.41 Å². The van der Waals surface area contributed by atoms with Gasteiger partial charge in [0.15, 0.2) is 17.5 Å². The van der Waals surface area contributed by atoms with Crippen LogP contribution in [-0.4, -0.2) is 15.0 Å². The summed E-state index contributed by atoms with van der Waals surface area (Å²) in [6, 6.07) is 63.0. The molecule has 1 heterocycles. The van der Waals surface area contributed by atoms with Gasteiger partial charge in [-0.15, -0.1) is 0 Å². The van der Waals surface area contributed by atoms with Crippen molar-refractivity contribution in [3.63, 3.8) is 0 Å². The van der Waals surface area contributed by atoms with E-state index < -0.39 is 0 Å². The first kappa shape index (κ1) is 32.2. The third kappa shape index (κ3) is 5.74. The largest absolute Gasteiger partial charge is 0.208 e. The van der Waals surface area contributed by atoms with Gasteiger partial charge in [0, 0.05) is 22.1 Å². The molecule has 2 aliphatic rings. The molecule has 2 aliphatic carbocycles. The van der Waals surface area contributed by atoms with Gasteiger partial charge in [-0.05, 0) is 86.7 Å². The lowest BCUT2D eigenvalue weighted by atomic mass is 9.67. The highest BCUT2D eigenvalue weighted by atomic mass is 15.0. The van der Waals surface area contributed by atoms with Crippen molar-refractivity contribution in [3.8, 4) is 78.7 Å². The Morgan fingerprint density at radius 3 is 1.33 bits per heavy atom. The average Bonchev–Trinajstić information content (AvgIpc) is 3.52. The molecule has 1 aromatic heterocycles. The van der Waals surface area contributed by atoms with E-state index in [0.29, 0.717) is 17.5 Å². The van der Waals surface area contributed by atoms with Crippen LogP contribution in [0.1, 0.15) is 43.2 Å². The van der Waals surface area contributed by atoms with Crippen LogP contribution in [0.3, 0.4) is 0 Å². The second-order valence-electron chi connectivity index (χ2n) is 14.7. The molecule has 3 nitrogen and oxygen atoms in total. The van der Waals surface area contributed by atoms with Crippen molar-refractivity contribution in [1.29, 1.82) is 0 Å². The van der Waals surface area contributed by atoms with Crippen LogP contribution in [0.25, 0.3) is 78.7 Å². The number of fused-ring (bicyclic) bond motifs is 5. The van der Waals surface area contributed by atoms with E-state index in [0.717, 1.165) is 27.8 Å². The normalized spacial score (nSPS) is 14.1. The Hall–Kier alpha value is -6.45. The predicted octanol–water partition coefficient (Wildman–Crippen LogP) is 13.1. The first-order chi connectivity index (χ1) is 26.7. The fraction of sp³-hybridized carbons (Fsp3) is 0.118. The molecule has 1 fully saturated rings. The SMILES string of the molecule is c1ccc(-c2nc(-c3ccccc3)nc(-c3cccc(-c4ccc(-c5cccc(-c6ccc7c(c6)C6(CCCCC6)c6ccccc6-7)c5)cc4)c3)n2)cc1. The number of aromatic nitrogens is 3. The summed E-state index contributed by atoms with van der Waals surface area (Å²) < 4.78 is 0. The Labute approximate surface area is 317 Å². The third-order valence-electron chi connectivity index (χ3n) is 11.5. The van der Waals surface area contributed by atoms with Gasteiger partial charge in [0.1, 0.15) is 0 Å². The van der Waals surface area contributed by atoms with Crippen molar-refractivity contribution in [1.82, 2.24) is 15.0 Å². The Morgan fingerprint density at radius 1 is 0.296 bits per heavy atom. The first-order valence-electron chi connectivity index (χ1n) is 19.1. The van der Waals surface area contributed by atoms with Crippen molar-refractivity contribution in [2.45, 2.75) is 37.5 Å². The zero-order chi connectivity index (χ0) is 35.9. The van der Waals surface area contributed by atoms with E-state index in [-0.39, 0.29) is 5.41 Å². The molecule has 0 radical (unpaired) electrons. The molecule has 0 unspecified atom stereocenters. The number of benzene rings is 7. The fourth-order valence-corrected chi connectivity index (χ4v) is 8.84. The minimum Gasteiger partial charge on any atom is -0.208 e. The molecule has 1 saturated carbocycles. The molecule has 54 heavy (non-hydrogen) atoms. The summed E-state index contributed by atoms with van der Waals surface area (Å²) in [6.07, 6.45) is 6.44. The van der Waals surface area contributed by atoms with Gasteiger partial charge in [-0.25, -0.2) is 15.0 Å². The third-order valence-corrected chi connectivity index (χ3v) is 11.5. The van der Waals surface area contributed by atoms with Crippen molar-refractivity contribution < 1.29 is 0 Å². The maximum Gasteiger partial charge on any atom is 0.164 e. The van der Waals surface area contributed by atoms with Crippen LogP contribution >= 0.6 is 0 Å². The summed E-state index contributed by atoms with van der Waals surface area (Å²) in [7, 11) is 0. The summed E-state index contributed by atoms with van der Waals surface area (Å²) in [4.78, 5) is 14.8. The fourth-order valence-electron chi connectivity index (χ4n) is 8.84. The van der Waals surface area contributed by atoms with Crippen LogP contribution in [0, 0.1) is 0 Å². The lowest BCUT2D eigenvalue weighted by Crippen LogP contribution is -2.28. The lowest BCUT2D eigenvalue weighted by molar-refractivity contribution is 0.353. The minimum atomic E-state index is 0.156. The Morgan fingerprint density at radius 2 is 0.722 bits per heavy atom. The summed E-state index contributed by atoms with van der Waals surface area (Å²) >= 11 is 0. The van der Waals surface area contributed by atoms with E-state index in [1.807, 2.05) is 60.7 Å². The second-order valence-corrected chi connectivity index (χ2v) is 14.7. The number of hydrogen-bond donors (Lipinski definition) is 0. The van der Waals surface area contributed by atoms with Gasteiger partial charge < -0.3 is 0 Å². The van der Waals surface area contributed by atoms with Crippen LogP contribution in [0.5, 0.6) is 0 Å². The number of nitrogens with zero attached hydrogens (tertiary/aromatic N) is 3. The van der Waals surface area contributed by atoms with E-state index in [1.54, 1.807) is 5.56 Å². The number of hydrogen-bond acceptors (Lipinski definition) is 3. The second kappa shape index (κ2) is 13.5. The molecule has 10 rings (SSSR count). The Bertz CT molecular complexity index is 2560. The monoisotopic (exact) mass is 693 g/mol. The maximum absolute atomic E-state index is 4.95. The summed E-state index contributed by atoms with van der Waals surface area (Å²) in [5.41, 5.74) is 16.2. The summed E-state index contributed by atoms with van der Waals surface area (Å²) in [6.45, 7) is 0. The van der Waals surface area contributed by atoms with E-state index in [1.165, 1.54) is 71.0 Å². The highest BCUT2D eigenvalue weighted by molar-refractivity contribution is 5.85. The molecule has 258 valence electrons. The van der Waals surface area contributed by atoms with E-state index in [9.17, 15) is 0 Å². The zero-order valence-corrected chi connectivity index (χ0v) is 30.1. The molecule has 0 saturated heterocycles. The van der Waals surface area contributed by atoms with Crippen LogP contribution in [0.4, 0.5) is 0 Å². The smallest absolute Gasteiger partial charge is 0.164 e. The quantitative estimate of drug-likeness (QED) is 0.174. The van der Waals surface area contributed by atoms with E-state index in [4.69, 9.17) is 15.0 Å². The summed E-state index contributed by atoms with van der Waals surface area (Å²) in [5.74, 6) is 1.98. The predicted molar refractivity (Wildman–Crippen MR) is 222 cm³/mol. The first-order valence-corrected chi connectivity index (χ1v) is 19.1. The molecule has 8 aromatic rings. The number of rotatable bonds is 6. The average molecular weight is 694 g/mol. The highest BCUT2D eigenvalue weighted by Gasteiger charge is 2.43. The molecule has 1 spiro atoms. The Balaban J connectivity index is 0.955. The van der Waals surface area contributed by atoms with E-state index in [2.05, 4.69) is 115 Å². The van der Waals surface area contributed by atoms with Crippen molar-refractivity contribution in [3.05, 3.63) is 187 Å². The highest BCUT2D eigenvalue weighted by Crippen LogP contribution is 2.56. The van der Waals surface area contributed by atoms with Gasteiger partial charge >= 0.3 is 0 Å². The Kier molecular flexibility index (Phi) is 8.06. The molecular formula is C51H39N3. The standard InChI is InChI=1S/C51H39N3/c1-4-14-37(15-5-1)48-52-49(38-16-6-2-7-17-38)54-50(53-48)43-21-13-19-40(33-43)36-26-24-35(25-27-36)39-18-12-20-41(32-39)42-28-29-45-44-22-8-9-23-46(44)51(47(45)34-42)30-10-3-11-31-51/h1-2,4-9,12-29,32-34H,3,10-11,30-31H2. The minimum absolute atomic E-state index is 0.156. The molecule has 7 aromatic carbocycles. The van der Waals surface area contributed by atoms with Gasteiger partial charge in [0.05, 0.1) is 0 Å². The molecule has 0 N–H and O–H groups in total. The van der Waals surface area contributed by atoms with Gasteiger partial charge in [-0.1, -0.05) is 177 Å². The van der Waals surface area contributed by atoms with Crippen molar-refractivity contribution in [2.24, 2.45) is 0 Å². The molecule has 0 amide bonds. The maximum atomic E-state index is 4.95. The molecule has 3 heteroatoms. The van der Waals surface area contributed by atoms with Crippen LogP contribution < -0.4 is 0 Å². The molecule has 0 atom stereocenters. The molecule has 0 aliphatic heterocycles. The summed E-state index contributed by atoms with van der Waals surface area (Å²) in [5, 5.41) is 0. The van der Waals surface area contributed by atoms with Crippen LogP contribution in [0.2, 0.25) is 0 Å². The lowest BCUT2D eigenvalue weighted by Gasteiger charge is -2.36. The van der Waals surface area contributed by atoms with Crippen LogP contribution in [0.15, 0.2) is 176 Å². The van der Waals surface area contributed by atoms with Gasteiger partial charge in [-0.3, -0.25) is 0 Å².